The van der Waals surface area contributed by atoms with Gasteiger partial charge in [0, 0.05) is 45.3 Å². The lowest BCUT2D eigenvalue weighted by atomic mass is 10.2. The smallest absolute Gasteiger partial charge is 0.410 e. The number of carbonyl (C=O) groups excluding carboxylic acids is 1. The summed E-state index contributed by atoms with van der Waals surface area (Å²) < 4.78 is 5.49. The van der Waals surface area contributed by atoms with Gasteiger partial charge in [-0.25, -0.2) is 9.78 Å². The molecule has 0 unspecified atom stereocenters. The second-order valence-corrected chi connectivity index (χ2v) is 8.24. The molecular weight excluding hydrogens is 354 g/mol. The summed E-state index contributed by atoms with van der Waals surface area (Å²) in [5, 5.41) is 0.463. The zero-order valence-corrected chi connectivity index (χ0v) is 16.6. The van der Waals surface area contributed by atoms with Crippen LogP contribution >= 0.6 is 11.6 Å². The van der Waals surface area contributed by atoms with E-state index >= 15 is 0 Å². The highest BCUT2D eigenvalue weighted by molar-refractivity contribution is 6.29. The lowest BCUT2D eigenvalue weighted by Crippen LogP contribution is -2.39. The van der Waals surface area contributed by atoms with E-state index in [9.17, 15) is 4.79 Å². The third-order valence-corrected chi connectivity index (χ3v) is 4.72. The first-order chi connectivity index (χ1) is 12.3. The number of hydrogen-bond donors (Lipinski definition) is 0. The molecule has 3 heterocycles. The Labute approximate surface area is 160 Å². The van der Waals surface area contributed by atoms with Crippen molar-refractivity contribution in [2.24, 2.45) is 0 Å². The minimum Gasteiger partial charge on any atom is -0.444 e. The summed E-state index contributed by atoms with van der Waals surface area (Å²) in [4.78, 5) is 27.6. The van der Waals surface area contributed by atoms with E-state index in [4.69, 9.17) is 21.3 Å². The molecule has 0 aromatic carbocycles. The minimum atomic E-state index is -0.478. The van der Waals surface area contributed by atoms with Crippen molar-refractivity contribution in [2.45, 2.75) is 45.6 Å². The summed E-state index contributed by atoms with van der Waals surface area (Å²) in [6.07, 6.45) is 2.94. The van der Waals surface area contributed by atoms with Gasteiger partial charge >= 0.3 is 6.09 Å². The minimum absolute atomic E-state index is 0.252. The van der Waals surface area contributed by atoms with Crippen molar-refractivity contribution < 1.29 is 9.53 Å². The molecule has 7 nitrogen and oxygen atoms in total. The lowest BCUT2D eigenvalue weighted by Gasteiger charge is -2.27. The zero-order chi connectivity index (χ0) is 18.7. The first-order valence-corrected chi connectivity index (χ1v) is 9.72. The van der Waals surface area contributed by atoms with Gasteiger partial charge in [0.05, 0.1) is 0 Å². The molecule has 0 saturated carbocycles. The summed E-state index contributed by atoms with van der Waals surface area (Å²) in [6, 6.07) is 1.81. The van der Waals surface area contributed by atoms with Crippen molar-refractivity contribution >= 4 is 29.5 Å². The third kappa shape index (κ3) is 4.90. The van der Waals surface area contributed by atoms with Crippen LogP contribution in [-0.4, -0.2) is 65.8 Å². The van der Waals surface area contributed by atoms with Crippen molar-refractivity contribution in [1.29, 1.82) is 0 Å². The van der Waals surface area contributed by atoms with Crippen LogP contribution in [0, 0.1) is 0 Å². The number of amides is 1. The molecule has 0 N–H and O–H groups in total. The summed E-state index contributed by atoms with van der Waals surface area (Å²) in [6.45, 7) is 10.4. The van der Waals surface area contributed by atoms with Crippen LogP contribution in [0.4, 0.5) is 16.6 Å². The monoisotopic (exact) mass is 381 g/mol. The van der Waals surface area contributed by atoms with Gasteiger partial charge in [0.25, 0.3) is 0 Å². The molecule has 0 radical (unpaired) electrons. The molecule has 0 spiro atoms. The molecule has 2 aliphatic heterocycles. The molecule has 2 saturated heterocycles. The highest BCUT2D eigenvalue weighted by atomic mass is 35.5. The number of rotatable bonds is 2. The fourth-order valence-corrected chi connectivity index (χ4v) is 3.44. The lowest BCUT2D eigenvalue weighted by molar-refractivity contribution is 0.0263. The molecule has 2 aliphatic rings. The molecule has 26 heavy (non-hydrogen) atoms. The van der Waals surface area contributed by atoms with Gasteiger partial charge in [-0.3, -0.25) is 0 Å². The predicted octanol–water partition coefficient (Wildman–Crippen LogP) is 3.18. The van der Waals surface area contributed by atoms with E-state index in [-0.39, 0.29) is 6.09 Å². The summed E-state index contributed by atoms with van der Waals surface area (Å²) in [5.74, 6) is 1.54. The van der Waals surface area contributed by atoms with Crippen molar-refractivity contribution in [3.05, 3.63) is 11.2 Å². The van der Waals surface area contributed by atoms with Gasteiger partial charge in [-0.2, -0.15) is 4.98 Å². The SMILES string of the molecule is CC(C)(C)OC(=O)N1CCCN(c2cc(Cl)nc(N3CCCC3)n2)CC1. The van der Waals surface area contributed by atoms with Crippen molar-refractivity contribution in [2.75, 3.05) is 49.1 Å². The van der Waals surface area contributed by atoms with E-state index in [0.717, 1.165) is 31.9 Å². The fourth-order valence-electron chi connectivity index (χ4n) is 3.27. The molecule has 1 aromatic rings. The number of nitrogens with zero attached hydrogens (tertiary/aromatic N) is 5. The Morgan fingerprint density at radius 2 is 1.69 bits per heavy atom. The number of ether oxygens (including phenoxy) is 1. The normalized spacial score (nSPS) is 18.8. The van der Waals surface area contributed by atoms with Crippen LogP contribution in [-0.2, 0) is 4.74 Å². The highest BCUT2D eigenvalue weighted by Gasteiger charge is 2.25. The zero-order valence-electron chi connectivity index (χ0n) is 15.9. The van der Waals surface area contributed by atoms with Crippen LogP contribution < -0.4 is 9.80 Å². The second-order valence-electron chi connectivity index (χ2n) is 7.85. The van der Waals surface area contributed by atoms with Crippen LogP contribution in [0.5, 0.6) is 0 Å². The Bertz CT molecular complexity index is 643. The molecule has 8 heteroatoms. The second kappa shape index (κ2) is 7.86. The largest absolute Gasteiger partial charge is 0.444 e. The average molecular weight is 382 g/mol. The Hall–Kier alpha value is -1.76. The summed E-state index contributed by atoms with van der Waals surface area (Å²) in [5.41, 5.74) is -0.478. The fraction of sp³-hybridized carbons (Fsp3) is 0.722. The van der Waals surface area contributed by atoms with Crippen molar-refractivity contribution in [3.63, 3.8) is 0 Å². The maximum Gasteiger partial charge on any atom is 0.410 e. The van der Waals surface area contributed by atoms with Crippen LogP contribution in [0.3, 0.4) is 0 Å². The molecular formula is C18H28ClN5O2. The number of aromatic nitrogens is 2. The maximum absolute atomic E-state index is 12.3. The molecule has 144 valence electrons. The Kier molecular flexibility index (Phi) is 5.75. The summed E-state index contributed by atoms with van der Waals surface area (Å²) >= 11 is 6.25. The predicted molar refractivity (Wildman–Crippen MR) is 103 cm³/mol. The quantitative estimate of drug-likeness (QED) is 0.733. The Morgan fingerprint density at radius 1 is 1.00 bits per heavy atom. The topological polar surface area (TPSA) is 61.8 Å². The van der Waals surface area contributed by atoms with E-state index in [1.165, 1.54) is 12.8 Å². The van der Waals surface area contributed by atoms with Gasteiger partial charge in [0.1, 0.15) is 16.6 Å². The average Bonchev–Trinajstić information content (AvgIpc) is 2.97. The van der Waals surface area contributed by atoms with E-state index < -0.39 is 5.60 Å². The van der Waals surface area contributed by atoms with Gasteiger partial charge in [-0.15, -0.1) is 0 Å². The van der Waals surface area contributed by atoms with E-state index in [2.05, 4.69) is 14.8 Å². The van der Waals surface area contributed by atoms with Gasteiger partial charge in [0.2, 0.25) is 5.95 Å². The molecule has 2 fully saturated rings. The van der Waals surface area contributed by atoms with Gasteiger partial charge in [-0.05, 0) is 40.0 Å². The van der Waals surface area contributed by atoms with E-state index in [1.54, 1.807) is 4.90 Å². The van der Waals surface area contributed by atoms with Crippen molar-refractivity contribution in [3.8, 4) is 0 Å². The van der Waals surface area contributed by atoms with E-state index in [1.807, 2.05) is 26.8 Å². The van der Waals surface area contributed by atoms with Crippen LogP contribution in [0.2, 0.25) is 5.15 Å². The van der Waals surface area contributed by atoms with Crippen LogP contribution in [0.1, 0.15) is 40.0 Å². The third-order valence-electron chi connectivity index (χ3n) is 4.53. The first kappa shape index (κ1) is 19.0. The molecule has 0 aliphatic carbocycles. The maximum atomic E-state index is 12.3. The van der Waals surface area contributed by atoms with Crippen LogP contribution in [0.25, 0.3) is 0 Å². The molecule has 1 aromatic heterocycles. The standard InChI is InChI=1S/C18H28ClN5O2/c1-18(2,3)26-17(25)24-10-6-9-22(11-12-24)15-13-14(19)20-16(21-15)23-7-4-5-8-23/h13H,4-12H2,1-3H3. The van der Waals surface area contributed by atoms with Crippen LogP contribution in [0.15, 0.2) is 6.07 Å². The van der Waals surface area contributed by atoms with Crippen molar-refractivity contribution in [1.82, 2.24) is 14.9 Å². The number of carbonyl (C=O) groups is 1. The number of halogens is 1. The summed E-state index contributed by atoms with van der Waals surface area (Å²) in [7, 11) is 0. The molecule has 3 rings (SSSR count). The van der Waals surface area contributed by atoms with Gasteiger partial charge < -0.3 is 19.4 Å². The molecule has 0 bridgehead atoms. The molecule has 0 atom stereocenters. The number of anilines is 2. The van der Waals surface area contributed by atoms with Gasteiger partial charge in [-0.1, -0.05) is 11.6 Å². The highest BCUT2D eigenvalue weighted by Crippen LogP contribution is 2.24. The number of hydrogen-bond acceptors (Lipinski definition) is 6. The first-order valence-electron chi connectivity index (χ1n) is 9.34. The van der Waals surface area contributed by atoms with E-state index in [0.29, 0.717) is 30.7 Å². The molecule has 1 amide bonds. The van der Waals surface area contributed by atoms with Gasteiger partial charge in [0.15, 0.2) is 0 Å². The Morgan fingerprint density at radius 3 is 2.38 bits per heavy atom. The Balaban J connectivity index is 1.68.